The third-order valence-corrected chi connectivity index (χ3v) is 4.67. The average molecular weight is 355 g/mol. The molecule has 1 fully saturated rings. The van der Waals surface area contributed by atoms with E-state index in [1.165, 1.54) is 24.3 Å². The quantitative estimate of drug-likeness (QED) is 0.864. The molecular formula is C20H22FN3O2. The van der Waals surface area contributed by atoms with E-state index in [1.807, 2.05) is 12.1 Å². The molecule has 0 spiro atoms. The van der Waals surface area contributed by atoms with Gasteiger partial charge in [-0.1, -0.05) is 12.1 Å². The van der Waals surface area contributed by atoms with E-state index in [0.717, 1.165) is 38.0 Å². The first-order valence-corrected chi connectivity index (χ1v) is 8.69. The number of nitrogens with two attached hydrogens (primary N) is 1. The monoisotopic (exact) mass is 355 g/mol. The normalized spacial score (nSPS) is 15.6. The van der Waals surface area contributed by atoms with Crippen molar-refractivity contribution in [2.24, 2.45) is 5.73 Å². The Balaban J connectivity index is 1.47. The second-order valence-electron chi connectivity index (χ2n) is 6.59. The Labute approximate surface area is 152 Å². The number of hydrogen-bond donors (Lipinski definition) is 2. The molecule has 0 aliphatic carbocycles. The maximum atomic E-state index is 12.9. The van der Waals surface area contributed by atoms with Crippen molar-refractivity contribution in [2.45, 2.75) is 25.4 Å². The number of rotatable bonds is 5. The Morgan fingerprint density at radius 1 is 1.00 bits per heavy atom. The van der Waals surface area contributed by atoms with E-state index >= 15 is 0 Å². The van der Waals surface area contributed by atoms with Gasteiger partial charge < -0.3 is 11.1 Å². The first-order chi connectivity index (χ1) is 12.5. The van der Waals surface area contributed by atoms with Crippen molar-refractivity contribution in [3.63, 3.8) is 0 Å². The van der Waals surface area contributed by atoms with Crippen LogP contribution in [0.3, 0.4) is 0 Å². The van der Waals surface area contributed by atoms with Gasteiger partial charge in [-0.15, -0.1) is 0 Å². The molecule has 3 N–H and O–H groups in total. The Morgan fingerprint density at radius 2 is 1.58 bits per heavy atom. The van der Waals surface area contributed by atoms with Crippen LogP contribution in [0.5, 0.6) is 0 Å². The first kappa shape index (κ1) is 18.1. The van der Waals surface area contributed by atoms with E-state index in [0.29, 0.717) is 11.1 Å². The zero-order chi connectivity index (χ0) is 18.5. The number of carbonyl (C=O) groups is 2. The number of nitrogens with one attached hydrogen (secondary N) is 1. The maximum absolute atomic E-state index is 12.9. The van der Waals surface area contributed by atoms with Crippen LogP contribution in [0.2, 0.25) is 0 Å². The minimum atomic E-state index is -0.422. The molecule has 2 amide bonds. The van der Waals surface area contributed by atoms with Gasteiger partial charge >= 0.3 is 0 Å². The third kappa shape index (κ3) is 4.67. The van der Waals surface area contributed by atoms with Crippen LogP contribution in [0.4, 0.5) is 4.39 Å². The van der Waals surface area contributed by atoms with Gasteiger partial charge in [0.15, 0.2) is 0 Å². The maximum Gasteiger partial charge on any atom is 0.251 e. The Bertz CT molecular complexity index is 767. The van der Waals surface area contributed by atoms with Crippen LogP contribution >= 0.6 is 0 Å². The van der Waals surface area contributed by atoms with Crippen LogP contribution in [-0.4, -0.2) is 35.8 Å². The van der Waals surface area contributed by atoms with E-state index in [9.17, 15) is 14.0 Å². The highest BCUT2D eigenvalue weighted by Gasteiger charge is 2.21. The van der Waals surface area contributed by atoms with E-state index in [4.69, 9.17) is 5.73 Å². The van der Waals surface area contributed by atoms with Crippen LogP contribution in [0, 0.1) is 5.82 Å². The lowest BCUT2D eigenvalue weighted by atomic mass is 10.0. The van der Waals surface area contributed by atoms with E-state index in [1.54, 1.807) is 12.1 Å². The lowest BCUT2D eigenvalue weighted by Crippen LogP contribution is -2.44. The van der Waals surface area contributed by atoms with Crippen LogP contribution in [0.25, 0.3) is 0 Å². The number of amides is 2. The fourth-order valence-electron chi connectivity index (χ4n) is 3.14. The summed E-state index contributed by atoms with van der Waals surface area (Å²) in [5, 5.41) is 3.02. The molecule has 3 rings (SSSR count). The fraction of sp³-hybridized carbons (Fsp3) is 0.300. The molecule has 0 aromatic heterocycles. The molecule has 0 atom stereocenters. The smallest absolute Gasteiger partial charge is 0.251 e. The Hall–Kier alpha value is -2.73. The number of hydrogen-bond acceptors (Lipinski definition) is 3. The molecular weight excluding hydrogens is 333 g/mol. The van der Waals surface area contributed by atoms with Gasteiger partial charge in [-0.25, -0.2) is 4.39 Å². The van der Waals surface area contributed by atoms with Crippen LogP contribution in [0.1, 0.15) is 39.1 Å². The molecule has 2 aromatic rings. The summed E-state index contributed by atoms with van der Waals surface area (Å²) in [6.07, 6.45) is 1.73. The minimum absolute atomic E-state index is 0.126. The predicted octanol–water partition coefficient (Wildman–Crippen LogP) is 2.32. The highest BCUT2D eigenvalue weighted by Crippen LogP contribution is 2.15. The van der Waals surface area contributed by atoms with E-state index in [-0.39, 0.29) is 17.8 Å². The number of likely N-dealkylation sites (tertiary alicyclic amines) is 1. The van der Waals surface area contributed by atoms with Crippen LogP contribution < -0.4 is 11.1 Å². The molecule has 1 heterocycles. The summed E-state index contributed by atoms with van der Waals surface area (Å²) in [4.78, 5) is 25.6. The highest BCUT2D eigenvalue weighted by atomic mass is 19.1. The Kier molecular flexibility index (Phi) is 5.63. The van der Waals surface area contributed by atoms with Crippen LogP contribution in [-0.2, 0) is 6.54 Å². The first-order valence-electron chi connectivity index (χ1n) is 8.69. The van der Waals surface area contributed by atoms with Gasteiger partial charge in [-0.2, -0.15) is 0 Å². The largest absolute Gasteiger partial charge is 0.366 e. The zero-order valence-electron chi connectivity index (χ0n) is 14.5. The summed E-state index contributed by atoms with van der Waals surface area (Å²) in [7, 11) is 0. The van der Waals surface area contributed by atoms with Crippen molar-refractivity contribution in [1.29, 1.82) is 0 Å². The Morgan fingerprint density at radius 3 is 2.15 bits per heavy atom. The van der Waals surface area contributed by atoms with E-state index < -0.39 is 5.91 Å². The average Bonchev–Trinajstić information content (AvgIpc) is 2.64. The molecule has 26 heavy (non-hydrogen) atoms. The molecule has 0 bridgehead atoms. The number of carbonyl (C=O) groups excluding carboxylic acids is 2. The summed E-state index contributed by atoms with van der Waals surface area (Å²) in [5.74, 6) is -0.932. The second kappa shape index (κ2) is 8.10. The number of primary amides is 1. The molecule has 2 aromatic carbocycles. The molecule has 0 radical (unpaired) electrons. The lowest BCUT2D eigenvalue weighted by Gasteiger charge is -2.32. The van der Waals surface area contributed by atoms with Crippen molar-refractivity contribution in [1.82, 2.24) is 10.2 Å². The molecule has 0 unspecified atom stereocenters. The number of nitrogens with zero attached hydrogens (tertiary/aromatic N) is 1. The molecule has 1 aliphatic heterocycles. The molecule has 5 nitrogen and oxygen atoms in total. The highest BCUT2D eigenvalue weighted by molar-refractivity contribution is 5.94. The van der Waals surface area contributed by atoms with Gasteiger partial charge in [-0.05, 0) is 54.8 Å². The summed E-state index contributed by atoms with van der Waals surface area (Å²) in [6, 6.07) is 13.0. The minimum Gasteiger partial charge on any atom is -0.366 e. The topological polar surface area (TPSA) is 75.4 Å². The molecule has 1 saturated heterocycles. The summed E-state index contributed by atoms with van der Waals surface area (Å²) in [6.45, 7) is 2.57. The van der Waals surface area contributed by atoms with Crippen molar-refractivity contribution in [2.75, 3.05) is 13.1 Å². The fourth-order valence-corrected chi connectivity index (χ4v) is 3.14. The number of piperidine rings is 1. The molecule has 0 saturated carbocycles. The summed E-state index contributed by atoms with van der Waals surface area (Å²) in [5.41, 5.74) is 7.36. The van der Waals surface area contributed by atoms with Crippen molar-refractivity contribution in [3.8, 4) is 0 Å². The van der Waals surface area contributed by atoms with Crippen molar-refractivity contribution in [3.05, 3.63) is 71.0 Å². The van der Waals surface area contributed by atoms with Gasteiger partial charge in [0.1, 0.15) is 5.82 Å². The van der Waals surface area contributed by atoms with E-state index in [2.05, 4.69) is 10.2 Å². The van der Waals surface area contributed by atoms with Gasteiger partial charge in [0.05, 0.1) is 0 Å². The SMILES string of the molecule is NC(=O)c1ccc(CN2CCC(NC(=O)c3ccc(F)cc3)CC2)cc1. The molecule has 136 valence electrons. The van der Waals surface area contributed by atoms with Gasteiger partial charge in [0, 0.05) is 36.8 Å². The molecule has 1 aliphatic rings. The lowest BCUT2D eigenvalue weighted by molar-refractivity contribution is 0.0908. The van der Waals surface area contributed by atoms with Gasteiger partial charge in [-0.3, -0.25) is 14.5 Å². The molecule has 6 heteroatoms. The summed E-state index contributed by atoms with van der Waals surface area (Å²) >= 11 is 0. The van der Waals surface area contributed by atoms with Crippen LogP contribution in [0.15, 0.2) is 48.5 Å². The number of halogens is 1. The third-order valence-electron chi connectivity index (χ3n) is 4.67. The zero-order valence-corrected chi connectivity index (χ0v) is 14.5. The summed E-state index contributed by atoms with van der Waals surface area (Å²) < 4.78 is 12.9. The standard InChI is InChI=1S/C20H22FN3O2/c21-17-7-5-16(6-8-17)20(26)23-18-9-11-24(12-10-18)13-14-1-3-15(4-2-14)19(22)25/h1-8,18H,9-13H2,(H2,22,25)(H,23,26). The predicted molar refractivity (Wildman–Crippen MR) is 97.1 cm³/mol. The van der Waals surface area contributed by atoms with Gasteiger partial charge in [0.25, 0.3) is 5.91 Å². The van der Waals surface area contributed by atoms with Crippen molar-refractivity contribution >= 4 is 11.8 Å². The van der Waals surface area contributed by atoms with Gasteiger partial charge in [0.2, 0.25) is 5.91 Å². The second-order valence-corrected chi connectivity index (χ2v) is 6.59. The number of benzene rings is 2. The van der Waals surface area contributed by atoms with Crippen molar-refractivity contribution < 1.29 is 14.0 Å².